The number of fused-ring (bicyclic) bond motifs is 1. The summed E-state index contributed by atoms with van der Waals surface area (Å²) < 4.78 is 11.5. The molecule has 0 unspecified atom stereocenters. The molecule has 0 fully saturated rings. The van der Waals surface area contributed by atoms with Crippen LogP contribution in [0.25, 0.3) is 0 Å². The van der Waals surface area contributed by atoms with Gasteiger partial charge in [0.05, 0.1) is 12.3 Å². The van der Waals surface area contributed by atoms with E-state index in [0.29, 0.717) is 42.2 Å². The number of anilines is 1. The van der Waals surface area contributed by atoms with E-state index in [2.05, 4.69) is 5.32 Å². The highest BCUT2D eigenvalue weighted by atomic mass is 16.5. The zero-order valence-electron chi connectivity index (χ0n) is 12.0. The Kier molecular flexibility index (Phi) is 3.97. The molecule has 0 saturated heterocycles. The first kappa shape index (κ1) is 14.4. The SMILES string of the molecule is CCOc1cc(C=O)cc2c1OC(CC)(CC)C(=O)N2. The molecule has 0 aromatic heterocycles. The minimum Gasteiger partial charge on any atom is -0.490 e. The van der Waals surface area contributed by atoms with E-state index in [4.69, 9.17) is 9.47 Å². The molecule has 1 aliphatic heterocycles. The fourth-order valence-electron chi connectivity index (χ4n) is 2.35. The Morgan fingerprint density at radius 2 is 2.00 bits per heavy atom. The standard InChI is InChI=1S/C15H19NO4/c1-4-15(5-2)14(18)16-11-7-10(9-17)8-12(19-6-3)13(11)20-15/h7-9H,4-6H2,1-3H3,(H,16,18). The fraction of sp³-hybridized carbons (Fsp3) is 0.467. The van der Waals surface area contributed by atoms with Crippen LogP contribution in [-0.2, 0) is 4.79 Å². The number of ether oxygens (including phenoxy) is 2. The van der Waals surface area contributed by atoms with Crippen LogP contribution in [-0.4, -0.2) is 24.4 Å². The molecule has 0 spiro atoms. The first-order valence-corrected chi connectivity index (χ1v) is 6.86. The highest BCUT2D eigenvalue weighted by Crippen LogP contribution is 2.44. The minimum atomic E-state index is -0.873. The lowest BCUT2D eigenvalue weighted by Gasteiger charge is -2.36. The van der Waals surface area contributed by atoms with Crippen molar-refractivity contribution >= 4 is 17.9 Å². The highest BCUT2D eigenvalue weighted by molar-refractivity contribution is 6.02. The third kappa shape index (κ3) is 2.24. The van der Waals surface area contributed by atoms with Crippen molar-refractivity contribution in [3.05, 3.63) is 17.7 Å². The normalized spacial score (nSPS) is 15.8. The number of nitrogens with one attached hydrogen (secondary N) is 1. The predicted octanol–water partition coefficient (Wildman–Crippen LogP) is 2.79. The van der Waals surface area contributed by atoms with Gasteiger partial charge in [-0.2, -0.15) is 0 Å². The van der Waals surface area contributed by atoms with Gasteiger partial charge in [0.25, 0.3) is 5.91 Å². The van der Waals surface area contributed by atoms with Crippen LogP contribution in [0.3, 0.4) is 0 Å². The molecule has 1 aromatic rings. The molecule has 5 heteroatoms. The molecule has 2 rings (SSSR count). The van der Waals surface area contributed by atoms with Crippen molar-refractivity contribution in [3.63, 3.8) is 0 Å². The van der Waals surface area contributed by atoms with Crippen molar-refractivity contribution in [3.8, 4) is 11.5 Å². The number of carbonyl (C=O) groups excluding carboxylic acids is 2. The number of rotatable bonds is 5. The third-order valence-corrected chi connectivity index (χ3v) is 3.61. The number of benzene rings is 1. The molecule has 1 aromatic carbocycles. The lowest BCUT2D eigenvalue weighted by molar-refractivity contribution is -0.133. The van der Waals surface area contributed by atoms with E-state index in [9.17, 15) is 9.59 Å². The zero-order valence-corrected chi connectivity index (χ0v) is 12.0. The van der Waals surface area contributed by atoms with Gasteiger partial charge < -0.3 is 14.8 Å². The average molecular weight is 277 g/mol. The Morgan fingerprint density at radius 1 is 1.30 bits per heavy atom. The molecule has 0 aliphatic carbocycles. The van der Waals surface area contributed by atoms with Crippen LogP contribution in [0, 0.1) is 0 Å². The number of hydrogen-bond donors (Lipinski definition) is 1. The monoisotopic (exact) mass is 277 g/mol. The average Bonchev–Trinajstić information content (AvgIpc) is 2.47. The van der Waals surface area contributed by atoms with Crippen molar-refractivity contribution in [1.82, 2.24) is 0 Å². The summed E-state index contributed by atoms with van der Waals surface area (Å²) in [5.74, 6) is 0.805. The summed E-state index contributed by atoms with van der Waals surface area (Å²) in [5, 5.41) is 2.82. The number of hydrogen-bond acceptors (Lipinski definition) is 4. The summed E-state index contributed by atoms with van der Waals surface area (Å²) >= 11 is 0. The minimum absolute atomic E-state index is 0.180. The van der Waals surface area contributed by atoms with E-state index in [1.807, 2.05) is 20.8 Å². The summed E-state index contributed by atoms with van der Waals surface area (Å²) in [5.41, 5.74) is 0.0545. The molecule has 1 heterocycles. The lowest BCUT2D eigenvalue weighted by atomic mass is 9.93. The second-order valence-corrected chi connectivity index (χ2v) is 4.70. The van der Waals surface area contributed by atoms with Gasteiger partial charge in [0.1, 0.15) is 6.29 Å². The van der Waals surface area contributed by atoms with Gasteiger partial charge in [-0.15, -0.1) is 0 Å². The molecule has 5 nitrogen and oxygen atoms in total. The first-order valence-electron chi connectivity index (χ1n) is 6.86. The predicted molar refractivity (Wildman–Crippen MR) is 75.6 cm³/mol. The number of aldehydes is 1. The molecular weight excluding hydrogens is 258 g/mol. The summed E-state index contributed by atoms with van der Waals surface area (Å²) in [4.78, 5) is 23.2. The van der Waals surface area contributed by atoms with Gasteiger partial charge in [-0.25, -0.2) is 0 Å². The highest BCUT2D eigenvalue weighted by Gasteiger charge is 2.42. The van der Waals surface area contributed by atoms with Crippen LogP contribution in [0.2, 0.25) is 0 Å². The Bertz CT molecular complexity index is 535. The Labute approximate surface area is 118 Å². The van der Waals surface area contributed by atoms with Gasteiger partial charge in [0, 0.05) is 5.56 Å². The largest absolute Gasteiger partial charge is 0.490 e. The molecule has 20 heavy (non-hydrogen) atoms. The summed E-state index contributed by atoms with van der Waals surface area (Å²) in [7, 11) is 0. The molecule has 0 bridgehead atoms. The quantitative estimate of drug-likeness (QED) is 0.840. The smallest absolute Gasteiger partial charge is 0.268 e. The van der Waals surface area contributed by atoms with Crippen LogP contribution >= 0.6 is 0 Å². The maximum absolute atomic E-state index is 12.2. The molecule has 0 atom stereocenters. The third-order valence-electron chi connectivity index (χ3n) is 3.61. The number of carbonyl (C=O) groups is 2. The maximum Gasteiger partial charge on any atom is 0.268 e. The maximum atomic E-state index is 12.2. The summed E-state index contributed by atoms with van der Waals surface area (Å²) in [6.45, 7) is 6.13. The first-order chi connectivity index (χ1) is 9.60. The van der Waals surface area contributed by atoms with E-state index in [0.717, 1.165) is 6.29 Å². The van der Waals surface area contributed by atoms with E-state index in [1.165, 1.54) is 0 Å². The van der Waals surface area contributed by atoms with E-state index >= 15 is 0 Å². The molecule has 108 valence electrons. The van der Waals surface area contributed by atoms with Gasteiger partial charge in [-0.1, -0.05) is 13.8 Å². The number of amides is 1. The molecule has 0 saturated carbocycles. The zero-order chi connectivity index (χ0) is 14.8. The topological polar surface area (TPSA) is 64.6 Å². The Balaban J connectivity index is 2.53. The molecular formula is C15H19NO4. The van der Waals surface area contributed by atoms with Crippen LogP contribution in [0.5, 0.6) is 11.5 Å². The van der Waals surface area contributed by atoms with Crippen molar-refractivity contribution in [1.29, 1.82) is 0 Å². The van der Waals surface area contributed by atoms with Gasteiger partial charge in [-0.05, 0) is 31.9 Å². The molecule has 1 aliphatic rings. The van der Waals surface area contributed by atoms with Crippen molar-refractivity contribution in [2.24, 2.45) is 0 Å². The summed E-state index contributed by atoms with van der Waals surface area (Å²) in [6, 6.07) is 3.22. The fourth-order valence-corrected chi connectivity index (χ4v) is 2.35. The van der Waals surface area contributed by atoms with Crippen molar-refractivity contribution in [2.45, 2.75) is 39.2 Å². The van der Waals surface area contributed by atoms with Crippen LogP contribution in [0.4, 0.5) is 5.69 Å². The van der Waals surface area contributed by atoms with Gasteiger partial charge >= 0.3 is 0 Å². The second kappa shape index (κ2) is 5.53. The lowest BCUT2D eigenvalue weighted by Crippen LogP contribution is -2.50. The Hall–Kier alpha value is -2.04. The molecule has 1 N–H and O–H groups in total. The van der Waals surface area contributed by atoms with E-state index in [1.54, 1.807) is 12.1 Å². The summed E-state index contributed by atoms with van der Waals surface area (Å²) in [6.07, 6.45) is 1.85. The molecule has 1 amide bonds. The second-order valence-electron chi connectivity index (χ2n) is 4.70. The molecule has 0 radical (unpaired) electrons. The van der Waals surface area contributed by atoms with E-state index < -0.39 is 5.60 Å². The van der Waals surface area contributed by atoms with Gasteiger partial charge in [0.2, 0.25) is 0 Å². The van der Waals surface area contributed by atoms with Crippen LogP contribution < -0.4 is 14.8 Å². The van der Waals surface area contributed by atoms with Gasteiger partial charge in [-0.3, -0.25) is 9.59 Å². The van der Waals surface area contributed by atoms with E-state index in [-0.39, 0.29) is 5.91 Å². The van der Waals surface area contributed by atoms with Crippen molar-refractivity contribution < 1.29 is 19.1 Å². The van der Waals surface area contributed by atoms with Crippen LogP contribution in [0.1, 0.15) is 44.0 Å². The van der Waals surface area contributed by atoms with Crippen LogP contribution in [0.15, 0.2) is 12.1 Å². The Morgan fingerprint density at radius 3 is 2.55 bits per heavy atom. The van der Waals surface area contributed by atoms with Crippen molar-refractivity contribution in [2.75, 3.05) is 11.9 Å². The van der Waals surface area contributed by atoms with Gasteiger partial charge in [0.15, 0.2) is 17.1 Å².